The Morgan fingerprint density at radius 2 is 1.89 bits per heavy atom. The molecular weight excluding hydrogens is 245 g/mol. The summed E-state index contributed by atoms with van der Waals surface area (Å²) < 4.78 is 37.6. The van der Waals surface area contributed by atoms with Crippen LogP contribution in [-0.2, 0) is 0 Å². The van der Waals surface area contributed by atoms with Crippen molar-refractivity contribution in [2.45, 2.75) is 37.8 Å². The maximum atomic E-state index is 12.5. The highest BCUT2D eigenvalue weighted by Crippen LogP contribution is 2.43. The van der Waals surface area contributed by atoms with Crippen molar-refractivity contribution < 1.29 is 13.2 Å². The summed E-state index contributed by atoms with van der Waals surface area (Å²) in [5.74, 6) is -1.15. The molecule has 1 aromatic rings. The standard InChI is InChI=1S/C11H13F3N4/c12-11(13,14)7-3-1-6(2-4-7)9-8(5-15)10(16)18-17-9/h6-7H,1-4H2,(H3,16,17,18)/t6-,7-. The molecule has 1 aliphatic rings. The van der Waals surface area contributed by atoms with Crippen LogP contribution in [0.2, 0.25) is 0 Å². The highest BCUT2D eigenvalue weighted by molar-refractivity contribution is 5.51. The average Bonchev–Trinajstić information content (AvgIpc) is 2.69. The number of nitrogens with zero attached hydrogens (tertiary/aromatic N) is 2. The Balaban J connectivity index is 2.09. The maximum Gasteiger partial charge on any atom is 0.391 e. The molecular formula is C11H13F3N4. The van der Waals surface area contributed by atoms with Gasteiger partial charge in [0.1, 0.15) is 17.5 Å². The molecule has 1 heterocycles. The predicted octanol–water partition coefficient (Wildman–Crippen LogP) is 2.70. The van der Waals surface area contributed by atoms with Crippen LogP contribution in [-0.4, -0.2) is 16.4 Å². The SMILES string of the molecule is N#Cc1c(N)[nH]nc1[C@H]1CC[C@H](C(F)(F)F)CC1. The first kappa shape index (κ1) is 12.7. The topological polar surface area (TPSA) is 78.5 Å². The van der Waals surface area contributed by atoms with E-state index in [0.717, 1.165) is 0 Å². The molecule has 0 amide bonds. The first-order chi connectivity index (χ1) is 8.43. The number of aromatic amines is 1. The molecule has 0 aliphatic heterocycles. The zero-order valence-electron chi connectivity index (χ0n) is 9.59. The van der Waals surface area contributed by atoms with Gasteiger partial charge in [0.05, 0.1) is 11.6 Å². The largest absolute Gasteiger partial charge is 0.391 e. The third-order valence-electron chi connectivity index (χ3n) is 3.51. The van der Waals surface area contributed by atoms with E-state index in [9.17, 15) is 13.2 Å². The molecule has 0 aromatic carbocycles. The molecule has 1 aromatic heterocycles. The van der Waals surface area contributed by atoms with E-state index in [1.807, 2.05) is 6.07 Å². The zero-order valence-corrected chi connectivity index (χ0v) is 9.59. The minimum absolute atomic E-state index is 0.0891. The number of hydrogen-bond donors (Lipinski definition) is 2. The molecule has 0 saturated heterocycles. The summed E-state index contributed by atoms with van der Waals surface area (Å²) in [6.45, 7) is 0. The fraction of sp³-hybridized carbons (Fsp3) is 0.636. The molecule has 18 heavy (non-hydrogen) atoms. The summed E-state index contributed by atoms with van der Waals surface area (Å²) in [5, 5.41) is 15.4. The number of nitrogen functional groups attached to an aromatic ring is 1. The van der Waals surface area contributed by atoms with Gasteiger partial charge in [-0.1, -0.05) is 0 Å². The van der Waals surface area contributed by atoms with Crippen molar-refractivity contribution in [2.75, 3.05) is 5.73 Å². The Morgan fingerprint density at radius 1 is 1.28 bits per heavy atom. The molecule has 7 heteroatoms. The second kappa shape index (κ2) is 4.52. The fourth-order valence-electron chi connectivity index (χ4n) is 2.48. The normalized spacial score (nSPS) is 24.8. The van der Waals surface area contributed by atoms with Crippen LogP contribution < -0.4 is 5.73 Å². The van der Waals surface area contributed by atoms with Crippen LogP contribution in [0, 0.1) is 17.2 Å². The van der Waals surface area contributed by atoms with Gasteiger partial charge in [0.2, 0.25) is 0 Å². The van der Waals surface area contributed by atoms with Crippen molar-refractivity contribution in [3.63, 3.8) is 0 Å². The van der Waals surface area contributed by atoms with Gasteiger partial charge < -0.3 is 5.73 Å². The molecule has 0 radical (unpaired) electrons. The first-order valence-electron chi connectivity index (χ1n) is 5.74. The summed E-state index contributed by atoms with van der Waals surface area (Å²) in [4.78, 5) is 0. The van der Waals surface area contributed by atoms with Crippen LogP contribution >= 0.6 is 0 Å². The maximum absolute atomic E-state index is 12.5. The molecule has 0 bridgehead atoms. The van der Waals surface area contributed by atoms with Crippen LogP contribution in [0.25, 0.3) is 0 Å². The summed E-state index contributed by atoms with van der Waals surface area (Å²) in [7, 11) is 0. The van der Waals surface area contributed by atoms with Gasteiger partial charge in [-0.25, -0.2) is 0 Å². The summed E-state index contributed by atoms with van der Waals surface area (Å²) >= 11 is 0. The quantitative estimate of drug-likeness (QED) is 0.812. The summed E-state index contributed by atoms with van der Waals surface area (Å²) in [5.41, 5.74) is 6.31. The minimum Gasteiger partial charge on any atom is -0.383 e. The number of halogens is 3. The molecule has 0 spiro atoms. The van der Waals surface area contributed by atoms with Crippen LogP contribution in [0.4, 0.5) is 19.0 Å². The van der Waals surface area contributed by atoms with Gasteiger partial charge in [0.25, 0.3) is 0 Å². The van der Waals surface area contributed by atoms with Gasteiger partial charge >= 0.3 is 6.18 Å². The number of rotatable bonds is 1. The van der Waals surface area contributed by atoms with Crippen molar-refractivity contribution in [3.05, 3.63) is 11.3 Å². The van der Waals surface area contributed by atoms with E-state index < -0.39 is 12.1 Å². The van der Waals surface area contributed by atoms with Crippen LogP contribution in [0.3, 0.4) is 0 Å². The number of anilines is 1. The van der Waals surface area contributed by atoms with Crippen molar-refractivity contribution in [1.82, 2.24) is 10.2 Å². The second-order valence-electron chi connectivity index (χ2n) is 4.60. The lowest BCUT2D eigenvalue weighted by Crippen LogP contribution is -2.27. The zero-order chi connectivity index (χ0) is 13.3. The number of nitrogens with two attached hydrogens (primary N) is 1. The van der Waals surface area contributed by atoms with E-state index in [4.69, 9.17) is 11.0 Å². The van der Waals surface area contributed by atoms with Crippen molar-refractivity contribution in [2.24, 2.45) is 5.92 Å². The molecule has 2 rings (SSSR count). The first-order valence-corrected chi connectivity index (χ1v) is 5.74. The third-order valence-corrected chi connectivity index (χ3v) is 3.51. The Morgan fingerprint density at radius 3 is 2.39 bits per heavy atom. The van der Waals surface area contributed by atoms with Gasteiger partial charge in [-0.15, -0.1) is 0 Å². The molecule has 4 nitrogen and oxygen atoms in total. The van der Waals surface area contributed by atoms with Crippen LogP contribution in [0.1, 0.15) is 42.9 Å². The average molecular weight is 258 g/mol. The van der Waals surface area contributed by atoms with E-state index in [2.05, 4.69) is 10.2 Å². The Labute approximate surface area is 102 Å². The Hall–Kier alpha value is -1.71. The lowest BCUT2D eigenvalue weighted by atomic mass is 9.79. The summed E-state index contributed by atoms with van der Waals surface area (Å²) in [6.07, 6.45) is -3.16. The number of aromatic nitrogens is 2. The monoisotopic (exact) mass is 258 g/mol. The highest BCUT2D eigenvalue weighted by Gasteiger charge is 2.42. The van der Waals surface area contributed by atoms with Crippen molar-refractivity contribution >= 4 is 5.82 Å². The van der Waals surface area contributed by atoms with Gasteiger partial charge in [0, 0.05) is 5.92 Å². The van der Waals surface area contributed by atoms with Crippen molar-refractivity contribution in [1.29, 1.82) is 5.26 Å². The van der Waals surface area contributed by atoms with Crippen molar-refractivity contribution in [3.8, 4) is 6.07 Å². The molecule has 3 N–H and O–H groups in total. The number of nitrogens with one attached hydrogen (secondary N) is 1. The number of nitriles is 1. The van der Waals surface area contributed by atoms with Gasteiger partial charge in [-0.3, -0.25) is 5.10 Å². The predicted molar refractivity (Wildman–Crippen MR) is 58.5 cm³/mol. The van der Waals surface area contributed by atoms with E-state index >= 15 is 0 Å². The number of alkyl halides is 3. The number of H-pyrrole nitrogens is 1. The highest BCUT2D eigenvalue weighted by atomic mass is 19.4. The molecule has 0 atom stereocenters. The molecule has 1 aliphatic carbocycles. The molecule has 0 unspecified atom stereocenters. The van der Waals surface area contributed by atoms with E-state index in [1.165, 1.54) is 0 Å². The third kappa shape index (κ3) is 2.28. The molecule has 1 fully saturated rings. The Kier molecular flexibility index (Phi) is 3.20. The van der Waals surface area contributed by atoms with Gasteiger partial charge in [-0.05, 0) is 25.7 Å². The molecule has 1 saturated carbocycles. The fourth-order valence-corrected chi connectivity index (χ4v) is 2.48. The molecule has 98 valence electrons. The van der Waals surface area contributed by atoms with E-state index in [0.29, 0.717) is 18.5 Å². The minimum atomic E-state index is -4.12. The Bertz CT molecular complexity index is 464. The van der Waals surface area contributed by atoms with E-state index in [-0.39, 0.29) is 30.1 Å². The second-order valence-corrected chi connectivity index (χ2v) is 4.60. The van der Waals surface area contributed by atoms with Gasteiger partial charge in [0.15, 0.2) is 0 Å². The number of hydrogen-bond acceptors (Lipinski definition) is 3. The van der Waals surface area contributed by atoms with E-state index in [1.54, 1.807) is 0 Å². The van der Waals surface area contributed by atoms with Crippen LogP contribution in [0.15, 0.2) is 0 Å². The lowest BCUT2D eigenvalue weighted by Gasteiger charge is -2.29. The summed E-state index contributed by atoms with van der Waals surface area (Å²) in [6, 6.07) is 1.94. The van der Waals surface area contributed by atoms with Crippen LogP contribution in [0.5, 0.6) is 0 Å². The lowest BCUT2D eigenvalue weighted by molar-refractivity contribution is -0.182. The van der Waals surface area contributed by atoms with Gasteiger partial charge in [-0.2, -0.15) is 23.5 Å². The smallest absolute Gasteiger partial charge is 0.383 e.